The molecule has 0 fully saturated rings. The maximum Gasteiger partial charge on any atom is 0.337 e. The van der Waals surface area contributed by atoms with Gasteiger partial charge in [-0.2, -0.15) is 0 Å². The van der Waals surface area contributed by atoms with Crippen LogP contribution in [0.25, 0.3) is 22.4 Å². The lowest BCUT2D eigenvalue weighted by Crippen LogP contribution is -2.00. The minimum Gasteiger partial charge on any atom is -0.493 e. The predicted molar refractivity (Wildman–Crippen MR) is 118 cm³/mol. The maximum atomic E-state index is 11.8. The van der Waals surface area contributed by atoms with Crippen molar-refractivity contribution in [3.63, 3.8) is 0 Å². The van der Waals surface area contributed by atoms with Gasteiger partial charge in [0.25, 0.3) is 0 Å². The molecular weight excluding hydrogens is 448 g/mol. The number of imidazole rings is 1. The molecule has 4 aromatic rings. The highest BCUT2D eigenvalue weighted by molar-refractivity contribution is 9.10. The zero-order valence-corrected chi connectivity index (χ0v) is 18.0. The maximum absolute atomic E-state index is 11.8. The SMILES string of the molecule is COC(=O)c1ccc2nc(-c3cc(Br)c(OCc4ccccc4)c(OC)c3)[nH]c2c1. The monoisotopic (exact) mass is 466 g/mol. The number of benzene rings is 3. The van der Waals surface area contributed by atoms with Crippen LogP contribution >= 0.6 is 15.9 Å². The highest BCUT2D eigenvalue weighted by atomic mass is 79.9. The molecule has 30 heavy (non-hydrogen) atoms. The quantitative estimate of drug-likeness (QED) is 0.386. The Kier molecular flexibility index (Phi) is 5.72. The molecule has 0 spiro atoms. The van der Waals surface area contributed by atoms with Crippen LogP contribution in [0.15, 0.2) is 65.1 Å². The number of hydrogen-bond acceptors (Lipinski definition) is 5. The smallest absolute Gasteiger partial charge is 0.337 e. The van der Waals surface area contributed by atoms with Crippen molar-refractivity contribution in [3.05, 3.63) is 76.3 Å². The van der Waals surface area contributed by atoms with Crippen molar-refractivity contribution >= 4 is 32.9 Å². The molecule has 1 heterocycles. The van der Waals surface area contributed by atoms with Crippen molar-refractivity contribution in [3.8, 4) is 22.9 Å². The van der Waals surface area contributed by atoms with Gasteiger partial charge in [0.15, 0.2) is 11.5 Å². The third-order valence-electron chi connectivity index (χ3n) is 4.63. The lowest BCUT2D eigenvalue weighted by atomic mass is 10.2. The van der Waals surface area contributed by atoms with E-state index < -0.39 is 5.97 Å². The number of rotatable bonds is 6. The molecule has 0 aliphatic rings. The summed E-state index contributed by atoms with van der Waals surface area (Å²) in [7, 11) is 2.96. The van der Waals surface area contributed by atoms with Gasteiger partial charge in [0.05, 0.1) is 35.3 Å². The molecule has 0 aliphatic heterocycles. The fourth-order valence-corrected chi connectivity index (χ4v) is 3.67. The molecule has 0 unspecified atom stereocenters. The second kappa shape index (κ2) is 8.59. The van der Waals surface area contributed by atoms with Crippen LogP contribution in [0, 0.1) is 0 Å². The summed E-state index contributed by atoms with van der Waals surface area (Å²) >= 11 is 3.59. The van der Waals surface area contributed by atoms with E-state index in [0.29, 0.717) is 29.5 Å². The minimum atomic E-state index is -0.391. The van der Waals surface area contributed by atoms with Crippen molar-refractivity contribution in [1.29, 1.82) is 0 Å². The van der Waals surface area contributed by atoms with Crippen LogP contribution in [0.1, 0.15) is 15.9 Å². The minimum absolute atomic E-state index is 0.391. The molecule has 7 heteroatoms. The first-order valence-corrected chi connectivity index (χ1v) is 10.0. The summed E-state index contributed by atoms with van der Waals surface area (Å²) < 4.78 is 17.1. The Morgan fingerprint density at radius 2 is 1.87 bits per heavy atom. The van der Waals surface area contributed by atoms with Gasteiger partial charge in [-0.05, 0) is 51.8 Å². The van der Waals surface area contributed by atoms with Crippen molar-refractivity contribution in [2.45, 2.75) is 6.61 Å². The molecule has 1 N–H and O–H groups in total. The summed E-state index contributed by atoms with van der Waals surface area (Å²) in [6.45, 7) is 0.427. The number of methoxy groups -OCH3 is 2. The first kappa shape index (κ1) is 20.0. The van der Waals surface area contributed by atoms with Crippen molar-refractivity contribution in [2.75, 3.05) is 14.2 Å². The lowest BCUT2D eigenvalue weighted by Gasteiger charge is -2.14. The molecule has 6 nitrogen and oxygen atoms in total. The molecule has 3 aromatic carbocycles. The number of hydrogen-bond donors (Lipinski definition) is 1. The Balaban J connectivity index is 1.66. The number of aromatic amines is 1. The fraction of sp³-hybridized carbons (Fsp3) is 0.130. The predicted octanol–water partition coefficient (Wildman–Crippen LogP) is 5.37. The normalized spacial score (nSPS) is 10.8. The second-order valence-corrected chi connectivity index (χ2v) is 7.43. The number of carbonyl (C=O) groups is 1. The van der Waals surface area contributed by atoms with Crippen LogP contribution in [0.5, 0.6) is 11.5 Å². The number of nitrogens with zero attached hydrogens (tertiary/aromatic N) is 1. The zero-order chi connectivity index (χ0) is 21.1. The third kappa shape index (κ3) is 4.02. The van der Waals surface area contributed by atoms with Gasteiger partial charge in [-0.1, -0.05) is 30.3 Å². The Bertz CT molecular complexity index is 1200. The summed E-state index contributed by atoms with van der Waals surface area (Å²) in [5.74, 6) is 1.47. The van der Waals surface area contributed by atoms with Crippen LogP contribution in [-0.4, -0.2) is 30.2 Å². The summed E-state index contributed by atoms with van der Waals surface area (Å²) in [5.41, 5.74) is 3.84. The molecule has 0 saturated carbocycles. The summed E-state index contributed by atoms with van der Waals surface area (Å²) in [6.07, 6.45) is 0. The first-order chi connectivity index (χ1) is 14.6. The average Bonchev–Trinajstić information content (AvgIpc) is 3.21. The highest BCUT2D eigenvalue weighted by Crippen LogP contribution is 2.40. The van der Waals surface area contributed by atoms with Crippen LogP contribution in [-0.2, 0) is 11.3 Å². The molecule has 152 valence electrons. The van der Waals surface area contributed by atoms with Gasteiger partial charge in [0, 0.05) is 5.56 Å². The Morgan fingerprint density at radius 1 is 1.07 bits per heavy atom. The van der Waals surface area contributed by atoms with Crippen LogP contribution in [0.2, 0.25) is 0 Å². The second-order valence-electron chi connectivity index (χ2n) is 6.57. The van der Waals surface area contributed by atoms with Crippen molar-refractivity contribution < 1.29 is 19.0 Å². The highest BCUT2D eigenvalue weighted by Gasteiger charge is 2.16. The van der Waals surface area contributed by atoms with Gasteiger partial charge in [0.2, 0.25) is 0 Å². The topological polar surface area (TPSA) is 73.4 Å². The summed E-state index contributed by atoms with van der Waals surface area (Å²) in [4.78, 5) is 19.6. The third-order valence-corrected chi connectivity index (χ3v) is 5.22. The number of H-pyrrole nitrogens is 1. The Hall–Kier alpha value is -3.32. The molecule has 0 bridgehead atoms. The van der Waals surface area contributed by atoms with E-state index in [4.69, 9.17) is 14.2 Å². The standard InChI is InChI=1S/C23H19BrN2O4/c1-28-20-12-16(10-17(24)21(20)30-13-14-6-4-3-5-7-14)22-25-18-9-8-15(23(27)29-2)11-19(18)26-22/h3-12H,13H2,1-2H3,(H,25,26). The van der Waals surface area contributed by atoms with E-state index in [1.165, 1.54) is 7.11 Å². The average molecular weight is 467 g/mol. The van der Waals surface area contributed by atoms with E-state index in [2.05, 4.69) is 25.9 Å². The van der Waals surface area contributed by atoms with Gasteiger partial charge in [-0.25, -0.2) is 9.78 Å². The van der Waals surface area contributed by atoms with Gasteiger partial charge in [-0.15, -0.1) is 0 Å². The van der Waals surface area contributed by atoms with E-state index in [-0.39, 0.29) is 0 Å². The molecule has 0 amide bonds. The van der Waals surface area contributed by atoms with Crippen molar-refractivity contribution in [1.82, 2.24) is 9.97 Å². The Morgan fingerprint density at radius 3 is 2.60 bits per heavy atom. The van der Waals surface area contributed by atoms with Crippen LogP contribution in [0.3, 0.4) is 0 Å². The van der Waals surface area contributed by atoms with Gasteiger partial charge in [0.1, 0.15) is 12.4 Å². The number of ether oxygens (including phenoxy) is 3. The van der Waals surface area contributed by atoms with E-state index in [9.17, 15) is 4.79 Å². The van der Waals surface area contributed by atoms with Gasteiger partial charge in [-0.3, -0.25) is 0 Å². The first-order valence-electron chi connectivity index (χ1n) is 9.21. The fourth-order valence-electron chi connectivity index (χ4n) is 3.12. The van der Waals surface area contributed by atoms with Crippen LogP contribution in [0.4, 0.5) is 0 Å². The summed E-state index contributed by atoms with van der Waals surface area (Å²) in [5, 5.41) is 0. The number of aromatic nitrogens is 2. The summed E-state index contributed by atoms with van der Waals surface area (Å²) in [6, 6.07) is 18.9. The largest absolute Gasteiger partial charge is 0.493 e. The number of fused-ring (bicyclic) bond motifs is 1. The van der Waals surface area contributed by atoms with E-state index in [0.717, 1.165) is 26.6 Å². The molecule has 0 aliphatic carbocycles. The van der Waals surface area contributed by atoms with Crippen molar-refractivity contribution in [2.24, 2.45) is 0 Å². The van der Waals surface area contributed by atoms with E-state index in [1.807, 2.05) is 42.5 Å². The Labute approximate surface area is 181 Å². The van der Waals surface area contributed by atoms with Crippen LogP contribution < -0.4 is 9.47 Å². The number of esters is 1. The van der Waals surface area contributed by atoms with E-state index >= 15 is 0 Å². The molecule has 0 atom stereocenters. The van der Waals surface area contributed by atoms with Gasteiger partial charge < -0.3 is 19.2 Å². The molecule has 4 rings (SSSR count). The molecule has 0 saturated heterocycles. The number of carbonyl (C=O) groups excluding carboxylic acids is 1. The number of nitrogens with one attached hydrogen (secondary N) is 1. The zero-order valence-electron chi connectivity index (χ0n) is 16.4. The lowest BCUT2D eigenvalue weighted by molar-refractivity contribution is 0.0601. The van der Waals surface area contributed by atoms with E-state index in [1.54, 1.807) is 25.3 Å². The number of halogens is 1. The molecule has 1 aromatic heterocycles. The van der Waals surface area contributed by atoms with Gasteiger partial charge >= 0.3 is 5.97 Å². The molecule has 0 radical (unpaired) electrons. The molecular formula is C23H19BrN2O4.